The molecule has 1 aliphatic carbocycles. The summed E-state index contributed by atoms with van der Waals surface area (Å²) in [6.45, 7) is 0.951. The predicted octanol–water partition coefficient (Wildman–Crippen LogP) is 3.36. The number of nitrogens with one attached hydrogen (secondary N) is 1. The number of amides is 1. The van der Waals surface area contributed by atoms with E-state index in [1.165, 1.54) is 6.42 Å². The Morgan fingerprint density at radius 2 is 2.00 bits per heavy atom. The molecule has 5 heteroatoms. The van der Waals surface area contributed by atoms with Crippen molar-refractivity contribution in [2.75, 3.05) is 33.1 Å². The molecule has 0 heterocycles. The number of rotatable bonds is 5. The quantitative estimate of drug-likeness (QED) is 0.906. The minimum absolute atomic E-state index is 0.00847. The van der Waals surface area contributed by atoms with E-state index in [2.05, 4.69) is 24.3 Å². The second kappa shape index (κ2) is 8.03. The van der Waals surface area contributed by atoms with Crippen molar-refractivity contribution < 1.29 is 14.3 Å². The summed E-state index contributed by atoms with van der Waals surface area (Å²) in [6.07, 6.45) is 3.98. The molecule has 2 rings (SSSR count). The van der Waals surface area contributed by atoms with Crippen molar-refractivity contribution in [1.82, 2.24) is 4.90 Å². The minimum Gasteiger partial charge on any atom is -0.495 e. The first-order valence-corrected chi connectivity index (χ1v) is 7.85. The minimum atomic E-state index is -0.403. The van der Waals surface area contributed by atoms with E-state index in [-0.39, 0.29) is 6.10 Å². The molecule has 122 valence electrons. The van der Waals surface area contributed by atoms with Gasteiger partial charge in [0.05, 0.1) is 12.8 Å². The highest BCUT2D eigenvalue weighted by Crippen LogP contribution is 2.28. The fourth-order valence-electron chi connectivity index (χ4n) is 3.03. The number of methoxy groups -OCH3 is 1. The van der Waals surface area contributed by atoms with Gasteiger partial charge in [0.25, 0.3) is 0 Å². The first-order chi connectivity index (χ1) is 10.6. The number of para-hydroxylation sites is 2. The predicted molar refractivity (Wildman–Crippen MR) is 87.4 cm³/mol. The molecular formula is C17H26N2O3. The van der Waals surface area contributed by atoms with Crippen LogP contribution in [0.1, 0.15) is 25.7 Å². The number of carbonyl (C=O) groups excluding carboxylic acids is 1. The summed E-state index contributed by atoms with van der Waals surface area (Å²) in [6, 6.07) is 7.33. The maximum atomic E-state index is 12.2. The lowest BCUT2D eigenvalue weighted by molar-refractivity contribution is 0.0357. The molecule has 0 saturated heterocycles. The van der Waals surface area contributed by atoms with Crippen molar-refractivity contribution in [2.24, 2.45) is 5.92 Å². The third-order valence-corrected chi connectivity index (χ3v) is 4.04. The van der Waals surface area contributed by atoms with Gasteiger partial charge < -0.3 is 14.4 Å². The molecule has 0 bridgehead atoms. The van der Waals surface area contributed by atoms with Crippen LogP contribution >= 0.6 is 0 Å². The summed E-state index contributed by atoms with van der Waals surface area (Å²) in [5.74, 6) is 1.04. The Hall–Kier alpha value is -1.75. The maximum Gasteiger partial charge on any atom is 0.412 e. The smallest absolute Gasteiger partial charge is 0.412 e. The van der Waals surface area contributed by atoms with Crippen LogP contribution in [-0.2, 0) is 4.74 Å². The SMILES string of the molecule is COc1ccccc1NC(=O)O[C@@H]1CCCC[C@@H]1CN(C)C. The fraction of sp³-hybridized carbons (Fsp3) is 0.588. The zero-order valence-corrected chi connectivity index (χ0v) is 13.7. The van der Waals surface area contributed by atoms with Gasteiger partial charge >= 0.3 is 6.09 Å². The molecule has 22 heavy (non-hydrogen) atoms. The maximum absolute atomic E-state index is 12.2. The zero-order valence-electron chi connectivity index (χ0n) is 13.7. The van der Waals surface area contributed by atoms with Gasteiger partial charge in [-0.05, 0) is 45.5 Å². The molecule has 1 aliphatic rings. The van der Waals surface area contributed by atoms with Crippen LogP contribution in [0.4, 0.5) is 10.5 Å². The summed E-state index contributed by atoms with van der Waals surface area (Å²) in [5.41, 5.74) is 0.634. The molecule has 2 atom stereocenters. The van der Waals surface area contributed by atoms with Crippen molar-refractivity contribution >= 4 is 11.8 Å². The number of anilines is 1. The summed E-state index contributed by atoms with van der Waals surface area (Å²) in [4.78, 5) is 14.3. The van der Waals surface area contributed by atoms with Crippen molar-refractivity contribution in [3.05, 3.63) is 24.3 Å². The number of ether oxygens (including phenoxy) is 2. The van der Waals surface area contributed by atoms with Crippen molar-refractivity contribution in [3.8, 4) is 5.75 Å². The van der Waals surface area contributed by atoms with Gasteiger partial charge in [-0.1, -0.05) is 18.6 Å². The van der Waals surface area contributed by atoms with E-state index in [4.69, 9.17) is 9.47 Å². The van der Waals surface area contributed by atoms with E-state index in [9.17, 15) is 4.79 Å². The van der Waals surface area contributed by atoms with Crippen LogP contribution in [0, 0.1) is 5.92 Å². The Balaban J connectivity index is 1.95. The second-order valence-corrected chi connectivity index (χ2v) is 6.08. The first-order valence-electron chi connectivity index (χ1n) is 7.85. The Morgan fingerprint density at radius 1 is 1.27 bits per heavy atom. The standard InChI is InChI=1S/C17H26N2O3/c1-19(2)12-13-8-4-6-10-15(13)22-17(20)18-14-9-5-7-11-16(14)21-3/h5,7,9,11,13,15H,4,6,8,10,12H2,1-3H3,(H,18,20)/t13-,15-/m1/s1. The van der Waals surface area contributed by atoms with Gasteiger partial charge in [0.1, 0.15) is 11.9 Å². The molecule has 1 N–H and O–H groups in total. The molecule has 1 aromatic rings. The molecule has 0 aliphatic heterocycles. The lowest BCUT2D eigenvalue weighted by Crippen LogP contribution is -2.37. The van der Waals surface area contributed by atoms with Crippen LogP contribution in [0.3, 0.4) is 0 Å². The summed E-state index contributed by atoms with van der Waals surface area (Å²) in [5, 5.41) is 2.78. The molecule has 1 aromatic carbocycles. The lowest BCUT2D eigenvalue weighted by Gasteiger charge is -2.32. The molecular weight excluding hydrogens is 280 g/mol. The van der Waals surface area contributed by atoms with Crippen molar-refractivity contribution in [2.45, 2.75) is 31.8 Å². The largest absolute Gasteiger partial charge is 0.495 e. The summed E-state index contributed by atoms with van der Waals surface area (Å²) < 4.78 is 10.9. The Kier molecular flexibility index (Phi) is 6.07. The van der Waals surface area contributed by atoms with Crippen molar-refractivity contribution in [1.29, 1.82) is 0 Å². The first kappa shape index (κ1) is 16.6. The third-order valence-electron chi connectivity index (χ3n) is 4.04. The van der Waals surface area contributed by atoms with Gasteiger partial charge in [0.2, 0.25) is 0 Å². The van der Waals surface area contributed by atoms with Gasteiger partial charge in [0.15, 0.2) is 0 Å². The Labute approximate surface area is 132 Å². The second-order valence-electron chi connectivity index (χ2n) is 6.08. The van der Waals surface area contributed by atoms with Crippen LogP contribution in [-0.4, -0.2) is 44.8 Å². The molecule has 1 fully saturated rings. The average Bonchev–Trinajstić information content (AvgIpc) is 2.49. The fourth-order valence-corrected chi connectivity index (χ4v) is 3.03. The zero-order chi connectivity index (χ0) is 15.9. The van der Waals surface area contributed by atoms with Crippen LogP contribution in [0.25, 0.3) is 0 Å². The van der Waals surface area contributed by atoms with Gasteiger partial charge in [-0.15, -0.1) is 0 Å². The van der Waals surface area contributed by atoms with E-state index in [0.29, 0.717) is 17.4 Å². The van der Waals surface area contributed by atoms with Crippen LogP contribution in [0.15, 0.2) is 24.3 Å². The number of nitrogens with zero attached hydrogens (tertiary/aromatic N) is 1. The molecule has 0 unspecified atom stereocenters. The third kappa shape index (κ3) is 4.63. The molecule has 1 saturated carbocycles. The molecule has 0 aromatic heterocycles. The average molecular weight is 306 g/mol. The van der Waals surface area contributed by atoms with Gasteiger partial charge in [-0.25, -0.2) is 4.79 Å². The highest BCUT2D eigenvalue weighted by atomic mass is 16.6. The van der Waals surface area contributed by atoms with E-state index >= 15 is 0 Å². The Morgan fingerprint density at radius 3 is 2.73 bits per heavy atom. The molecule has 1 amide bonds. The number of hydrogen-bond donors (Lipinski definition) is 1. The number of benzene rings is 1. The van der Waals surface area contributed by atoms with E-state index in [0.717, 1.165) is 25.8 Å². The van der Waals surface area contributed by atoms with E-state index in [1.807, 2.05) is 18.2 Å². The van der Waals surface area contributed by atoms with Gasteiger partial charge in [-0.2, -0.15) is 0 Å². The summed E-state index contributed by atoms with van der Waals surface area (Å²) >= 11 is 0. The highest BCUT2D eigenvalue weighted by molar-refractivity contribution is 5.86. The van der Waals surface area contributed by atoms with Gasteiger partial charge in [-0.3, -0.25) is 5.32 Å². The summed E-state index contributed by atoms with van der Waals surface area (Å²) in [7, 11) is 5.70. The normalized spacial score (nSPS) is 21.5. The molecule has 5 nitrogen and oxygen atoms in total. The van der Waals surface area contributed by atoms with E-state index < -0.39 is 6.09 Å². The van der Waals surface area contributed by atoms with Crippen molar-refractivity contribution in [3.63, 3.8) is 0 Å². The monoisotopic (exact) mass is 306 g/mol. The van der Waals surface area contributed by atoms with Crippen LogP contribution in [0.2, 0.25) is 0 Å². The molecule has 0 radical (unpaired) electrons. The van der Waals surface area contributed by atoms with E-state index in [1.54, 1.807) is 13.2 Å². The topological polar surface area (TPSA) is 50.8 Å². The van der Waals surface area contributed by atoms with Crippen LogP contribution in [0.5, 0.6) is 5.75 Å². The highest BCUT2D eigenvalue weighted by Gasteiger charge is 2.28. The lowest BCUT2D eigenvalue weighted by atomic mass is 9.86. The number of carbonyl (C=O) groups is 1. The van der Waals surface area contributed by atoms with Crippen LogP contribution < -0.4 is 10.1 Å². The number of hydrogen-bond acceptors (Lipinski definition) is 4. The van der Waals surface area contributed by atoms with Gasteiger partial charge in [0, 0.05) is 12.5 Å². The Bertz CT molecular complexity index is 491. The molecule has 0 spiro atoms.